The van der Waals surface area contributed by atoms with Crippen LogP contribution in [0.5, 0.6) is 0 Å². The fourth-order valence-corrected chi connectivity index (χ4v) is 2.30. The van der Waals surface area contributed by atoms with Crippen LogP contribution >= 0.6 is 0 Å². The standard InChI is InChI=1S/C15H29N3/c1-3-4-5-6-7-8-9-10-11-15(16)14-12-17-18(2)13-14/h12-13,15H,3-11,16H2,1-2H3. The van der Waals surface area contributed by atoms with E-state index in [0.717, 1.165) is 6.42 Å². The van der Waals surface area contributed by atoms with Crippen molar-refractivity contribution in [1.82, 2.24) is 9.78 Å². The van der Waals surface area contributed by atoms with Gasteiger partial charge in [-0.3, -0.25) is 4.68 Å². The molecule has 104 valence electrons. The van der Waals surface area contributed by atoms with Crippen LogP contribution in [0.25, 0.3) is 0 Å². The lowest BCUT2D eigenvalue weighted by Crippen LogP contribution is -2.09. The molecule has 0 saturated heterocycles. The van der Waals surface area contributed by atoms with Crippen molar-refractivity contribution < 1.29 is 0 Å². The van der Waals surface area contributed by atoms with Crippen molar-refractivity contribution in [3.05, 3.63) is 18.0 Å². The smallest absolute Gasteiger partial charge is 0.0537 e. The minimum Gasteiger partial charge on any atom is -0.324 e. The number of aryl methyl sites for hydroxylation is 1. The molecule has 2 N–H and O–H groups in total. The van der Waals surface area contributed by atoms with Gasteiger partial charge in [0.05, 0.1) is 6.20 Å². The molecule has 1 unspecified atom stereocenters. The summed E-state index contributed by atoms with van der Waals surface area (Å²) in [5.74, 6) is 0. The summed E-state index contributed by atoms with van der Waals surface area (Å²) in [6.07, 6.45) is 15.8. The molecule has 0 aliphatic rings. The Hall–Kier alpha value is -0.830. The molecular formula is C15H29N3. The predicted molar refractivity (Wildman–Crippen MR) is 77.4 cm³/mol. The molecule has 18 heavy (non-hydrogen) atoms. The Kier molecular flexibility index (Phi) is 7.74. The average Bonchev–Trinajstić information content (AvgIpc) is 2.79. The molecule has 0 spiro atoms. The van der Waals surface area contributed by atoms with E-state index in [0.29, 0.717) is 0 Å². The molecule has 1 aromatic rings. The third-order valence-electron chi connectivity index (χ3n) is 3.52. The minimum atomic E-state index is 0.166. The molecule has 3 nitrogen and oxygen atoms in total. The molecule has 0 amide bonds. The molecule has 0 fully saturated rings. The highest BCUT2D eigenvalue weighted by Gasteiger charge is 2.07. The molecule has 1 aromatic heterocycles. The largest absolute Gasteiger partial charge is 0.324 e. The van der Waals surface area contributed by atoms with E-state index in [1.165, 1.54) is 56.9 Å². The van der Waals surface area contributed by atoms with Gasteiger partial charge in [0.1, 0.15) is 0 Å². The van der Waals surface area contributed by atoms with E-state index in [9.17, 15) is 0 Å². The van der Waals surface area contributed by atoms with Gasteiger partial charge in [0.2, 0.25) is 0 Å². The molecular weight excluding hydrogens is 222 g/mol. The van der Waals surface area contributed by atoms with Crippen LogP contribution in [0.2, 0.25) is 0 Å². The maximum atomic E-state index is 6.14. The van der Waals surface area contributed by atoms with Gasteiger partial charge in [0.25, 0.3) is 0 Å². The van der Waals surface area contributed by atoms with E-state index in [4.69, 9.17) is 5.73 Å². The number of hydrogen-bond donors (Lipinski definition) is 1. The Balaban J connectivity index is 1.97. The van der Waals surface area contributed by atoms with E-state index in [2.05, 4.69) is 12.0 Å². The Morgan fingerprint density at radius 3 is 2.28 bits per heavy atom. The zero-order valence-corrected chi connectivity index (χ0v) is 12.1. The van der Waals surface area contributed by atoms with Gasteiger partial charge in [0, 0.05) is 24.8 Å². The Morgan fingerprint density at radius 1 is 1.11 bits per heavy atom. The molecule has 0 radical (unpaired) electrons. The monoisotopic (exact) mass is 251 g/mol. The van der Waals surface area contributed by atoms with Gasteiger partial charge in [-0.25, -0.2) is 0 Å². The van der Waals surface area contributed by atoms with Crippen LogP contribution in [-0.2, 0) is 7.05 Å². The number of rotatable bonds is 10. The maximum Gasteiger partial charge on any atom is 0.0537 e. The van der Waals surface area contributed by atoms with Gasteiger partial charge in [0.15, 0.2) is 0 Å². The van der Waals surface area contributed by atoms with Crippen LogP contribution in [0.1, 0.15) is 76.3 Å². The first-order valence-electron chi connectivity index (χ1n) is 7.48. The van der Waals surface area contributed by atoms with E-state index < -0.39 is 0 Å². The second-order valence-electron chi connectivity index (χ2n) is 5.32. The second-order valence-corrected chi connectivity index (χ2v) is 5.32. The zero-order chi connectivity index (χ0) is 13.2. The van der Waals surface area contributed by atoms with Crippen LogP contribution < -0.4 is 5.73 Å². The predicted octanol–water partition coefficient (Wildman–Crippen LogP) is 3.95. The summed E-state index contributed by atoms with van der Waals surface area (Å²) in [5.41, 5.74) is 7.30. The van der Waals surface area contributed by atoms with Crippen LogP contribution in [0, 0.1) is 0 Å². The molecule has 3 heteroatoms. The molecule has 0 aliphatic heterocycles. The van der Waals surface area contributed by atoms with Crippen molar-refractivity contribution in [1.29, 1.82) is 0 Å². The molecule has 1 atom stereocenters. The van der Waals surface area contributed by atoms with Crippen molar-refractivity contribution in [2.24, 2.45) is 12.8 Å². The quantitative estimate of drug-likeness (QED) is 0.640. The summed E-state index contributed by atoms with van der Waals surface area (Å²) in [4.78, 5) is 0. The zero-order valence-electron chi connectivity index (χ0n) is 12.1. The van der Waals surface area contributed by atoms with Gasteiger partial charge < -0.3 is 5.73 Å². The first-order chi connectivity index (χ1) is 8.74. The summed E-state index contributed by atoms with van der Waals surface area (Å²) < 4.78 is 1.82. The van der Waals surface area contributed by atoms with Crippen LogP contribution in [0.4, 0.5) is 0 Å². The Bertz CT molecular complexity index is 306. The van der Waals surface area contributed by atoms with E-state index in [1.54, 1.807) is 0 Å². The first kappa shape index (κ1) is 15.2. The fraction of sp³-hybridized carbons (Fsp3) is 0.800. The van der Waals surface area contributed by atoms with Gasteiger partial charge >= 0.3 is 0 Å². The highest BCUT2D eigenvalue weighted by atomic mass is 15.2. The molecule has 0 aromatic carbocycles. The van der Waals surface area contributed by atoms with Crippen LogP contribution in [-0.4, -0.2) is 9.78 Å². The van der Waals surface area contributed by atoms with Crippen LogP contribution in [0.15, 0.2) is 12.4 Å². The lowest BCUT2D eigenvalue weighted by atomic mass is 10.0. The number of nitrogens with two attached hydrogens (primary N) is 1. The maximum absolute atomic E-state index is 6.14. The molecule has 1 heterocycles. The third kappa shape index (κ3) is 6.20. The lowest BCUT2D eigenvalue weighted by Gasteiger charge is -2.08. The van der Waals surface area contributed by atoms with Crippen molar-refractivity contribution in [2.75, 3.05) is 0 Å². The van der Waals surface area contributed by atoms with Crippen molar-refractivity contribution >= 4 is 0 Å². The topological polar surface area (TPSA) is 43.8 Å². The molecule has 0 aliphatic carbocycles. The molecule has 1 rings (SSSR count). The number of nitrogens with zero attached hydrogens (tertiary/aromatic N) is 2. The third-order valence-corrected chi connectivity index (χ3v) is 3.52. The van der Waals surface area contributed by atoms with E-state index in [1.807, 2.05) is 24.1 Å². The highest BCUT2D eigenvalue weighted by Crippen LogP contribution is 2.17. The SMILES string of the molecule is CCCCCCCCCCC(N)c1cnn(C)c1. The first-order valence-corrected chi connectivity index (χ1v) is 7.48. The summed E-state index contributed by atoms with van der Waals surface area (Å²) in [7, 11) is 1.94. The highest BCUT2D eigenvalue weighted by molar-refractivity contribution is 5.08. The fourth-order valence-electron chi connectivity index (χ4n) is 2.30. The normalized spacial score (nSPS) is 12.8. The Morgan fingerprint density at radius 2 is 1.72 bits per heavy atom. The summed E-state index contributed by atoms with van der Waals surface area (Å²) in [6.45, 7) is 2.26. The van der Waals surface area contributed by atoms with Crippen molar-refractivity contribution in [3.63, 3.8) is 0 Å². The number of hydrogen-bond acceptors (Lipinski definition) is 2. The molecule has 0 bridgehead atoms. The van der Waals surface area contributed by atoms with Gasteiger partial charge in [-0.1, -0.05) is 58.3 Å². The van der Waals surface area contributed by atoms with Crippen LogP contribution in [0.3, 0.4) is 0 Å². The number of aromatic nitrogens is 2. The lowest BCUT2D eigenvalue weighted by molar-refractivity contribution is 0.536. The van der Waals surface area contributed by atoms with Gasteiger partial charge in [-0.05, 0) is 6.42 Å². The number of unbranched alkanes of at least 4 members (excludes halogenated alkanes) is 7. The molecule has 0 saturated carbocycles. The summed E-state index contributed by atoms with van der Waals surface area (Å²) in [6, 6.07) is 0.166. The summed E-state index contributed by atoms with van der Waals surface area (Å²) >= 11 is 0. The van der Waals surface area contributed by atoms with Crippen molar-refractivity contribution in [2.45, 2.75) is 70.8 Å². The Labute approximate surface area is 112 Å². The van der Waals surface area contributed by atoms with Crippen molar-refractivity contribution in [3.8, 4) is 0 Å². The van der Waals surface area contributed by atoms with Gasteiger partial charge in [-0.15, -0.1) is 0 Å². The minimum absolute atomic E-state index is 0.166. The summed E-state index contributed by atoms with van der Waals surface area (Å²) in [5, 5.41) is 4.16. The second kappa shape index (κ2) is 9.15. The van der Waals surface area contributed by atoms with E-state index >= 15 is 0 Å². The average molecular weight is 251 g/mol. The van der Waals surface area contributed by atoms with E-state index in [-0.39, 0.29) is 6.04 Å². The van der Waals surface area contributed by atoms with Gasteiger partial charge in [-0.2, -0.15) is 5.10 Å².